The van der Waals surface area contributed by atoms with Gasteiger partial charge in [0.15, 0.2) is 5.65 Å². The lowest BCUT2D eigenvalue weighted by Gasteiger charge is -2.08. The Hall–Kier alpha value is -1.88. The fourth-order valence-electron chi connectivity index (χ4n) is 2.17. The van der Waals surface area contributed by atoms with E-state index in [1.807, 2.05) is 29.9 Å². The van der Waals surface area contributed by atoms with Crippen molar-refractivity contribution in [1.29, 1.82) is 0 Å². The van der Waals surface area contributed by atoms with E-state index in [9.17, 15) is 0 Å². The summed E-state index contributed by atoms with van der Waals surface area (Å²) in [6.45, 7) is 0.705. The quantitative estimate of drug-likeness (QED) is 0.684. The van der Waals surface area contributed by atoms with Crippen molar-refractivity contribution in [2.75, 3.05) is 5.88 Å². The highest BCUT2D eigenvalue weighted by atomic mass is 35.5. The van der Waals surface area contributed by atoms with E-state index in [-0.39, 0.29) is 0 Å². The Morgan fingerprint density at radius 2 is 2.16 bits per heavy atom. The summed E-state index contributed by atoms with van der Waals surface area (Å²) in [4.78, 5) is 9.02. The molecule has 98 valence electrons. The van der Waals surface area contributed by atoms with Crippen molar-refractivity contribution in [3.63, 3.8) is 0 Å². The number of alkyl halides is 1. The molecule has 3 aromatic rings. The summed E-state index contributed by atoms with van der Waals surface area (Å²) in [5.74, 6) is 1.51. The van der Waals surface area contributed by atoms with Gasteiger partial charge in [0.25, 0.3) is 0 Å². The molecule has 0 unspecified atom stereocenters. The van der Waals surface area contributed by atoms with Gasteiger partial charge in [-0.2, -0.15) is 5.10 Å². The van der Waals surface area contributed by atoms with Gasteiger partial charge in [-0.1, -0.05) is 0 Å². The lowest BCUT2D eigenvalue weighted by atomic mass is 10.4. The van der Waals surface area contributed by atoms with Crippen molar-refractivity contribution >= 4 is 22.8 Å². The van der Waals surface area contributed by atoms with Gasteiger partial charge in [-0.05, 0) is 18.2 Å². The molecule has 0 aromatic carbocycles. The lowest BCUT2D eigenvalue weighted by molar-refractivity contribution is 0.655. The second-order valence-electron chi connectivity index (χ2n) is 4.35. The van der Waals surface area contributed by atoms with Crippen LogP contribution in [0, 0.1) is 0 Å². The van der Waals surface area contributed by atoms with Crippen LogP contribution in [0.1, 0.15) is 11.5 Å². The number of rotatable bonds is 4. The fourth-order valence-corrected chi connectivity index (χ4v) is 2.33. The summed E-state index contributed by atoms with van der Waals surface area (Å²) in [6, 6.07) is 5.87. The van der Waals surface area contributed by atoms with Gasteiger partial charge < -0.3 is 4.57 Å². The normalized spacial score (nSPS) is 11.3. The van der Waals surface area contributed by atoms with Gasteiger partial charge in [0.1, 0.15) is 11.3 Å². The third-order valence-corrected chi connectivity index (χ3v) is 3.33. The average Bonchev–Trinajstić information content (AvgIpc) is 2.96. The van der Waals surface area contributed by atoms with Gasteiger partial charge in [-0.25, -0.2) is 9.97 Å². The topological polar surface area (TPSA) is 48.5 Å². The predicted octanol–water partition coefficient (Wildman–Crippen LogP) is 1.99. The van der Waals surface area contributed by atoms with Crippen LogP contribution >= 0.6 is 11.6 Å². The van der Waals surface area contributed by atoms with E-state index in [2.05, 4.69) is 19.6 Å². The van der Waals surface area contributed by atoms with Gasteiger partial charge in [0.05, 0.1) is 12.2 Å². The second-order valence-corrected chi connectivity index (χ2v) is 4.72. The second kappa shape index (κ2) is 5.01. The summed E-state index contributed by atoms with van der Waals surface area (Å²) < 4.78 is 3.97. The number of halogens is 1. The monoisotopic (exact) mass is 275 g/mol. The van der Waals surface area contributed by atoms with Crippen LogP contribution in [0.5, 0.6) is 0 Å². The van der Waals surface area contributed by atoms with Crippen LogP contribution in [-0.2, 0) is 20.0 Å². The Morgan fingerprint density at radius 3 is 2.89 bits per heavy atom. The molecule has 0 amide bonds. The molecule has 0 N–H and O–H groups in total. The van der Waals surface area contributed by atoms with Gasteiger partial charge in [0, 0.05) is 31.7 Å². The van der Waals surface area contributed by atoms with E-state index in [0.29, 0.717) is 12.4 Å². The number of imidazole rings is 1. The summed E-state index contributed by atoms with van der Waals surface area (Å²) in [6.07, 6.45) is 4.31. The maximum atomic E-state index is 5.86. The molecule has 0 spiro atoms. The Morgan fingerprint density at radius 1 is 1.26 bits per heavy atom. The first-order valence-corrected chi connectivity index (χ1v) is 6.66. The van der Waals surface area contributed by atoms with E-state index in [1.165, 1.54) is 0 Å². The van der Waals surface area contributed by atoms with Crippen molar-refractivity contribution in [3.8, 4) is 0 Å². The third kappa shape index (κ3) is 2.21. The molecule has 0 saturated heterocycles. The van der Waals surface area contributed by atoms with Crippen LogP contribution in [-0.4, -0.2) is 30.2 Å². The zero-order valence-electron chi connectivity index (χ0n) is 10.6. The van der Waals surface area contributed by atoms with E-state index >= 15 is 0 Å². The number of pyridine rings is 1. The molecule has 3 aromatic heterocycles. The third-order valence-electron chi connectivity index (χ3n) is 3.14. The van der Waals surface area contributed by atoms with Crippen LogP contribution in [0.15, 0.2) is 30.6 Å². The number of hydrogen-bond donors (Lipinski definition) is 0. The molecular weight excluding hydrogens is 262 g/mol. The first-order valence-electron chi connectivity index (χ1n) is 6.12. The van der Waals surface area contributed by atoms with Crippen LogP contribution in [0.25, 0.3) is 11.2 Å². The van der Waals surface area contributed by atoms with Gasteiger partial charge in [-0.15, -0.1) is 11.6 Å². The highest BCUT2D eigenvalue weighted by Crippen LogP contribution is 2.16. The molecule has 0 fully saturated rings. The summed E-state index contributed by atoms with van der Waals surface area (Å²) in [5.41, 5.74) is 2.91. The molecule has 0 bridgehead atoms. The van der Waals surface area contributed by atoms with Crippen LogP contribution in [0.3, 0.4) is 0 Å². The molecule has 0 aliphatic heterocycles. The smallest absolute Gasteiger partial charge is 0.160 e. The zero-order chi connectivity index (χ0) is 13.2. The molecule has 0 atom stereocenters. The molecular formula is C13H14ClN5. The summed E-state index contributed by atoms with van der Waals surface area (Å²) in [7, 11) is 1.93. The molecule has 3 heterocycles. The molecule has 0 saturated carbocycles. The molecule has 0 aliphatic rings. The van der Waals surface area contributed by atoms with Gasteiger partial charge in [-0.3, -0.25) is 4.68 Å². The minimum absolute atomic E-state index is 0.550. The Bertz CT molecular complexity index is 700. The number of fused-ring (bicyclic) bond motifs is 1. The predicted molar refractivity (Wildman–Crippen MR) is 74.3 cm³/mol. The number of hydrogen-bond acceptors (Lipinski definition) is 3. The molecule has 0 aliphatic carbocycles. The van der Waals surface area contributed by atoms with E-state index in [0.717, 1.165) is 29.1 Å². The standard InChI is InChI=1S/C13H14ClN5/c1-18-10(5-8-16-18)9-19-12(4-6-14)17-11-3-2-7-15-13(11)19/h2-3,5,7-8H,4,6,9H2,1H3. The number of aromatic nitrogens is 5. The van der Waals surface area contributed by atoms with Crippen LogP contribution in [0.4, 0.5) is 0 Å². The highest BCUT2D eigenvalue weighted by molar-refractivity contribution is 6.17. The Balaban J connectivity index is 2.09. The Labute approximate surface area is 115 Å². The molecule has 0 radical (unpaired) electrons. The first-order chi connectivity index (χ1) is 9.29. The van der Waals surface area contributed by atoms with Crippen molar-refractivity contribution in [1.82, 2.24) is 24.3 Å². The maximum absolute atomic E-state index is 5.86. The van der Waals surface area contributed by atoms with Gasteiger partial charge >= 0.3 is 0 Å². The zero-order valence-corrected chi connectivity index (χ0v) is 11.4. The molecule has 6 heteroatoms. The van der Waals surface area contributed by atoms with Crippen LogP contribution < -0.4 is 0 Å². The fraction of sp³-hybridized carbons (Fsp3) is 0.308. The molecule has 19 heavy (non-hydrogen) atoms. The van der Waals surface area contributed by atoms with Crippen LogP contribution in [0.2, 0.25) is 0 Å². The number of aryl methyl sites for hydroxylation is 2. The summed E-state index contributed by atoms with van der Waals surface area (Å²) in [5, 5.41) is 4.19. The molecule has 5 nitrogen and oxygen atoms in total. The number of nitrogens with zero attached hydrogens (tertiary/aromatic N) is 5. The van der Waals surface area contributed by atoms with Crippen molar-refractivity contribution < 1.29 is 0 Å². The first kappa shape index (κ1) is 12.2. The maximum Gasteiger partial charge on any atom is 0.160 e. The lowest BCUT2D eigenvalue weighted by Crippen LogP contribution is -2.10. The highest BCUT2D eigenvalue weighted by Gasteiger charge is 2.12. The summed E-state index contributed by atoms with van der Waals surface area (Å²) >= 11 is 5.86. The Kier molecular flexibility index (Phi) is 3.21. The largest absolute Gasteiger partial charge is 0.307 e. The van der Waals surface area contributed by atoms with E-state index in [1.54, 1.807) is 12.4 Å². The van der Waals surface area contributed by atoms with E-state index < -0.39 is 0 Å². The minimum atomic E-state index is 0.550. The van der Waals surface area contributed by atoms with Crippen molar-refractivity contribution in [3.05, 3.63) is 42.1 Å². The SMILES string of the molecule is Cn1nccc1Cn1c(CCCl)nc2cccnc21. The van der Waals surface area contributed by atoms with Gasteiger partial charge in [0.2, 0.25) is 0 Å². The van der Waals surface area contributed by atoms with E-state index in [4.69, 9.17) is 11.6 Å². The molecule has 3 rings (SSSR count). The van der Waals surface area contributed by atoms with Crippen molar-refractivity contribution in [2.24, 2.45) is 7.05 Å². The average molecular weight is 276 g/mol. The minimum Gasteiger partial charge on any atom is -0.307 e. The van der Waals surface area contributed by atoms with Crippen molar-refractivity contribution in [2.45, 2.75) is 13.0 Å².